The minimum absolute atomic E-state index is 0.0382. The minimum Gasteiger partial charge on any atom is -0.459 e. The Morgan fingerprint density at radius 3 is 2.71 bits per heavy atom. The molecule has 0 aromatic heterocycles. The van der Waals surface area contributed by atoms with Crippen LogP contribution in [-0.4, -0.2) is 30.6 Å². The van der Waals surface area contributed by atoms with Crippen LogP contribution in [0.3, 0.4) is 0 Å². The van der Waals surface area contributed by atoms with E-state index in [1.54, 1.807) is 0 Å². The first-order valence-electron chi connectivity index (χ1n) is 8.50. The maximum Gasteiger partial charge on any atom is 0.312 e. The van der Waals surface area contributed by atoms with Crippen molar-refractivity contribution >= 4 is 5.97 Å². The van der Waals surface area contributed by atoms with Crippen molar-refractivity contribution < 1.29 is 19.0 Å². The molecule has 0 spiro atoms. The summed E-state index contributed by atoms with van der Waals surface area (Å²) in [5.41, 5.74) is -0.354. The van der Waals surface area contributed by atoms with Crippen LogP contribution in [0.5, 0.6) is 0 Å². The largest absolute Gasteiger partial charge is 0.459 e. The zero-order valence-electron chi connectivity index (χ0n) is 13.6. The molecule has 0 radical (unpaired) electrons. The molecule has 4 heteroatoms. The van der Waals surface area contributed by atoms with Gasteiger partial charge in [0.25, 0.3) is 0 Å². The third kappa shape index (κ3) is 2.50. The lowest BCUT2D eigenvalue weighted by Gasteiger charge is -2.42. The van der Waals surface area contributed by atoms with Crippen molar-refractivity contribution in [3.63, 3.8) is 0 Å². The lowest BCUT2D eigenvalue weighted by molar-refractivity contribution is -0.281. The van der Waals surface area contributed by atoms with Crippen molar-refractivity contribution in [2.75, 3.05) is 0 Å². The predicted octanol–water partition coefficient (Wildman–Crippen LogP) is 3.28. The highest BCUT2D eigenvalue weighted by molar-refractivity contribution is 5.76. The second-order valence-electron chi connectivity index (χ2n) is 7.27. The lowest BCUT2D eigenvalue weighted by Crippen LogP contribution is -2.52. The molecule has 3 rings (SSSR count). The van der Waals surface area contributed by atoms with E-state index in [1.165, 1.54) is 0 Å². The van der Waals surface area contributed by atoms with E-state index < -0.39 is 0 Å². The Kier molecular flexibility index (Phi) is 4.04. The molecule has 4 nitrogen and oxygen atoms in total. The van der Waals surface area contributed by atoms with Gasteiger partial charge in [0.05, 0.1) is 11.5 Å². The standard InChI is InChI=1S/C17H28O4/c1-5-7-17(4,6-2)16(18)21-14-11-8-12-13(9-11)19-10(3)20-15(12)14/h10-15H,5-9H2,1-4H3/t10-,11?,12?,13?,14?,15?,17?/m0/s1. The summed E-state index contributed by atoms with van der Waals surface area (Å²) in [4.78, 5) is 12.7. The van der Waals surface area contributed by atoms with E-state index in [2.05, 4.69) is 13.8 Å². The second kappa shape index (κ2) is 5.54. The normalized spacial score (nSPS) is 43.6. The first-order chi connectivity index (χ1) is 9.98. The summed E-state index contributed by atoms with van der Waals surface area (Å²) < 4.78 is 17.7. The molecule has 0 amide bonds. The zero-order valence-corrected chi connectivity index (χ0v) is 13.6. The van der Waals surface area contributed by atoms with Gasteiger partial charge in [0.2, 0.25) is 0 Å². The fourth-order valence-electron chi connectivity index (χ4n) is 4.44. The van der Waals surface area contributed by atoms with Crippen LogP contribution in [0.15, 0.2) is 0 Å². The van der Waals surface area contributed by atoms with E-state index in [-0.39, 0.29) is 29.9 Å². The molecule has 6 unspecified atom stereocenters. The van der Waals surface area contributed by atoms with Gasteiger partial charge in [-0.2, -0.15) is 0 Å². The highest BCUT2D eigenvalue weighted by Crippen LogP contribution is 2.52. The fraction of sp³-hybridized carbons (Fsp3) is 0.941. The fourth-order valence-corrected chi connectivity index (χ4v) is 4.44. The number of esters is 1. The molecule has 1 heterocycles. The summed E-state index contributed by atoms with van der Waals surface area (Å²) >= 11 is 0. The Bertz CT molecular complexity index is 410. The van der Waals surface area contributed by atoms with Crippen LogP contribution in [0.25, 0.3) is 0 Å². The number of hydrogen-bond donors (Lipinski definition) is 0. The Morgan fingerprint density at radius 2 is 2.05 bits per heavy atom. The van der Waals surface area contributed by atoms with Crippen molar-refractivity contribution in [2.24, 2.45) is 17.3 Å². The first kappa shape index (κ1) is 15.3. The van der Waals surface area contributed by atoms with Crippen molar-refractivity contribution in [1.29, 1.82) is 0 Å². The van der Waals surface area contributed by atoms with Crippen molar-refractivity contribution in [3.05, 3.63) is 0 Å². The molecule has 2 bridgehead atoms. The van der Waals surface area contributed by atoms with Gasteiger partial charge in [-0.25, -0.2) is 0 Å². The van der Waals surface area contributed by atoms with Crippen LogP contribution in [0, 0.1) is 17.3 Å². The summed E-state index contributed by atoms with van der Waals surface area (Å²) in [6.07, 6.45) is 4.93. The minimum atomic E-state index is -0.354. The predicted molar refractivity (Wildman–Crippen MR) is 78.6 cm³/mol. The van der Waals surface area contributed by atoms with Gasteiger partial charge in [-0.1, -0.05) is 20.3 Å². The maximum absolute atomic E-state index is 12.7. The zero-order chi connectivity index (χ0) is 15.2. The van der Waals surface area contributed by atoms with Gasteiger partial charge in [0, 0.05) is 11.8 Å². The van der Waals surface area contributed by atoms with Crippen LogP contribution in [0.4, 0.5) is 0 Å². The summed E-state index contributed by atoms with van der Waals surface area (Å²) in [7, 11) is 0. The SMILES string of the molecule is CCCC(C)(CC)C(=O)OC1C2CC3O[C@H](C)OC1C3C2. The van der Waals surface area contributed by atoms with Gasteiger partial charge in [0.1, 0.15) is 12.2 Å². The average Bonchev–Trinajstić information content (AvgIpc) is 2.99. The number of carbonyl (C=O) groups is 1. The van der Waals surface area contributed by atoms with Gasteiger partial charge in [0.15, 0.2) is 6.29 Å². The molecule has 3 fully saturated rings. The first-order valence-corrected chi connectivity index (χ1v) is 8.50. The molecule has 3 aliphatic rings. The van der Waals surface area contributed by atoms with Crippen LogP contribution in [0.2, 0.25) is 0 Å². The molecule has 0 N–H and O–H groups in total. The number of carbonyl (C=O) groups excluding carboxylic acids is 1. The van der Waals surface area contributed by atoms with Crippen molar-refractivity contribution in [1.82, 2.24) is 0 Å². The van der Waals surface area contributed by atoms with E-state index in [0.29, 0.717) is 17.9 Å². The summed E-state index contributed by atoms with van der Waals surface area (Å²) in [6.45, 7) is 8.16. The van der Waals surface area contributed by atoms with E-state index in [4.69, 9.17) is 14.2 Å². The lowest BCUT2D eigenvalue weighted by atomic mass is 9.82. The molecule has 21 heavy (non-hydrogen) atoms. The van der Waals surface area contributed by atoms with Gasteiger partial charge >= 0.3 is 5.97 Å². The highest BCUT2D eigenvalue weighted by atomic mass is 16.7. The smallest absolute Gasteiger partial charge is 0.312 e. The van der Waals surface area contributed by atoms with Gasteiger partial charge < -0.3 is 14.2 Å². The molecule has 7 atom stereocenters. The van der Waals surface area contributed by atoms with E-state index in [1.807, 2.05) is 13.8 Å². The third-order valence-electron chi connectivity index (χ3n) is 5.83. The van der Waals surface area contributed by atoms with Gasteiger partial charge in [-0.15, -0.1) is 0 Å². The molecule has 2 aliphatic carbocycles. The monoisotopic (exact) mass is 296 g/mol. The second-order valence-corrected chi connectivity index (χ2v) is 7.27. The van der Waals surface area contributed by atoms with Crippen LogP contribution in [0.1, 0.15) is 59.8 Å². The highest BCUT2D eigenvalue weighted by Gasteiger charge is 2.59. The number of ether oxygens (including phenoxy) is 3. The third-order valence-corrected chi connectivity index (χ3v) is 5.83. The Hall–Kier alpha value is -0.610. The van der Waals surface area contributed by atoms with E-state index >= 15 is 0 Å². The maximum atomic E-state index is 12.7. The molecule has 1 aliphatic heterocycles. The summed E-state index contributed by atoms with van der Waals surface area (Å²) in [5.74, 6) is 0.802. The Balaban J connectivity index is 1.69. The molecule has 120 valence electrons. The number of hydrogen-bond acceptors (Lipinski definition) is 4. The number of fused-ring (bicyclic) bond motifs is 1. The van der Waals surface area contributed by atoms with Crippen LogP contribution < -0.4 is 0 Å². The quantitative estimate of drug-likeness (QED) is 0.730. The molecular formula is C17H28O4. The van der Waals surface area contributed by atoms with E-state index in [9.17, 15) is 4.79 Å². The average molecular weight is 296 g/mol. The van der Waals surface area contributed by atoms with Gasteiger partial charge in [-0.05, 0) is 39.5 Å². The molecular weight excluding hydrogens is 268 g/mol. The topological polar surface area (TPSA) is 44.8 Å². The molecule has 0 aromatic rings. The summed E-state index contributed by atoms with van der Waals surface area (Å²) in [5, 5.41) is 0. The Morgan fingerprint density at radius 1 is 1.29 bits per heavy atom. The molecule has 0 aromatic carbocycles. The summed E-state index contributed by atoms with van der Waals surface area (Å²) in [6, 6.07) is 0. The molecule has 2 saturated carbocycles. The van der Waals surface area contributed by atoms with Crippen LogP contribution in [-0.2, 0) is 19.0 Å². The van der Waals surface area contributed by atoms with E-state index in [0.717, 1.165) is 32.1 Å². The van der Waals surface area contributed by atoms with Crippen LogP contribution >= 0.6 is 0 Å². The van der Waals surface area contributed by atoms with Crippen molar-refractivity contribution in [3.8, 4) is 0 Å². The number of rotatable bonds is 5. The van der Waals surface area contributed by atoms with Crippen molar-refractivity contribution in [2.45, 2.75) is 84.4 Å². The van der Waals surface area contributed by atoms with Gasteiger partial charge in [-0.3, -0.25) is 4.79 Å². The Labute approximate surface area is 127 Å². The molecule has 1 saturated heterocycles.